The first-order valence-electron chi connectivity index (χ1n) is 6.81. The molecule has 0 aromatic rings. The van der Waals surface area contributed by atoms with Crippen molar-refractivity contribution in [3.8, 4) is 0 Å². The molecule has 4 unspecified atom stereocenters. The lowest BCUT2D eigenvalue weighted by atomic mass is 10.1. The van der Waals surface area contributed by atoms with Gasteiger partial charge in [-0.3, -0.25) is 4.21 Å². The van der Waals surface area contributed by atoms with E-state index in [0.29, 0.717) is 17.2 Å². The molecule has 0 amide bonds. The minimum absolute atomic E-state index is 0.445. The molecule has 1 saturated carbocycles. The maximum absolute atomic E-state index is 12.1. The van der Waals surface area contributed by atoms with Crippen molar-refractivity contribution in [2.24, 2.45) is 5.92 Å². The van der Waals surface area contributed by atoms with Gasteiger partial charge in [-0.05, 0) is 38.1 Å². The van der Waals surface area contributed by atoms with Gasteiger partial charge in [0.15, 0.2) is 0 Å². The van der Waals surface area contributed by atoms with Crippen LogP contribution in [0.25, 0.3) is 0 Å². The molecule has 1 aliphatic carbocycles. The Kier molecular flexibility index (Phi) is 6.59. The molecule has 0 aliphatic heterocycles. The molecule has 0 bridgehead atoms. The first kappa shape index (κ1) is 14.2. The van der Waals surface area contributed by atoms with E-state index in [1.54, 1.807) is 0 Å². The van der Waals surface area contributed by atoms with Crippen LogP contribution < -0.4 is 5.32 Å². The van der Waals surface area contributed by atoms with Gasteiger partial charge in [-0.25, -0.2) is 0 Å². The van der Waals surface area contributed by atoms with Gasteiger partial charge >= 0.3 is 0 Å². The van der Waals surface area contributed by atoms with Crippen molar-refractivity contribution in [2.45, 2.75) is 64.2 Å². The van der Waals surface area contributed by atoms with Crippen LogP contribution in [0.15, 0.2) is 0 Å². The third-order valence-electron chi connectivity index (χ3n) is 3.68. The standard InChI is InChI=1S/C13H27NOS/c1-4-6-10-16(15)13-8-7-12(11(13)3)14-9-5-2/h11-14H,4-10H2,1-3H3. The van der Waals surface area contributed by atoms with Crippen molar-refractivity contribution < 1.29 is 4.21 Å². The zero-order valence-corrected chi connectivity index (χ0v) is 11.8. The Morgan fingerprint density at radius 1 is 1.25 bits per heavy atom. The fourth-order valence-corrected chi connectivity index (χ4v) is 4.50. The van der Waals surface area contributed by atoms with Gasteiger partial charge in [-0.15, -0.1) is 0 Å². The Balaban J connectivity index is 2.37. The van der Waals surface area contributed by atoms with E-state index in [4.69, 9.17) is 0 Å². The summed E-state index contributed by atoms with van der Waals surface area (Å²) >= 11 is 0. The van der Waals surface area contributed by atoms with Crippen LogP contribution >= 0.6 is 0 Å². The van der Waals surface area contributed by atoms with Gasteiger partial charge in [-0.1, -0.05) is 27.2 Å². The molecule has 3 heteroatoms. The van der Waals surface area contributed by atoms with Gasteiger partial charge in [0.25, 0.3) is 0 Å². The average molecular weight is 245 g/mol. The van der Waals surface area contributed by atoms with Crippen LogP contribution in [0.5, 0.6) is 0 Å². The van der Waals surface area contributed by atoms with Gasteiger partial charge in [0.05, 0.1) is 0 Å². The summed E-state index contributed by atoms with van der Waals surface area (Å²) in [5.74, 6) is 1.50. The summed E-state index contributed by atoms with van der Waals surface area (Å²) in [5.41, 5.74) is 0. The van der Waals surface area contributed by atoms with E-state index in [9.17, 15) is 4.21 Å². The zero-order chi connectivity index (χ0) is 12.0. The molecule has 16 heavy (non-hydrogen) atoms. The molecule has 1 rings (SSSR count). The number of unbranched alkanes of at least 4 members (excludes halogenated alkanes) is 1. The van der Waals surface area contributed by atoms with Crippen LogP contribution in [0.2, 0.25) is 0 Å². The number of nitrogens with one attached hydrogen (secondary N) is 1. The SMILES string of the molecule is CCCCS(=O)C1CCC(NCCC)C1C. The first-order valence-corrected chi connectivity index (χ1v) is 8.19. The van der Waals surface area contributed by atoms with Gasteiger partial charge in [0, 0.05) is 27.8 Å². The predicted molar refractivity (Wildman–Crippen MR) is 72.2 cm³/mol. The van der Waals surface area contributed by atoms with E-state index in [0.717, 1.165) is 31.6 Å². The molecule has 0 aromatic carbocycles. The lowest BCUT2D eigenvalue weighted by Gasteiger charge is -2.21. The molecule has 1 N–H and O–H groups in total. The van der Waals surface area contributed by atoms with Crippen molar-refractivity contribution in [3.63, 3.8) is 0 Å². The highest BCUT2D eigenvalue weighted by molar-refractivity contribution is 7.85. The van der Waals surface area contributed by atoms with Crippen molar-refractivity contribution in [1.29, 1.82) is 0 Å². The summed E-state index contributed by atoms with van der Waals surface area (Å²) in [7, 11) is -0.592. The fraction of sp³-hybridized carbons (Fsp3) is 1.00. The van der Waals surface area contributed by atoms with E-state index in [1.165, 1.54) is 12.8 Å². The monoisotopic (exact) mass is 245 g/mol. The van der Waals surface area contributed by atoms with Crippen LogP contribution in [0.4, 0.5) is 0 Å². The number of hydrogen-bond donors (Lipinski definition) is 1. The van der Waals surface area contributed by atoms with E-state index >= 15 is 0 Å². The molecule has 0 aromatic heterocycles. The molecule has 1 fully saturated rings. The van der Waals surface area contributed by atoms with E-state index in [-0.39, 0.29) is 0 Å². The molecule has 2 nitrogen and oxygen atoms in total. The van der Waals surface area contributed by atoms with Crippen LogP contribution in [0.1, 0.15) is 52.9 Å². The zero-order valence-electron chi connectivity index (χ0n) is 11.0. The molecule has 0 radical (unpaired) electrons. The van der Waals surface area contributed by atoms with Gasteiger partial charge in [-0.2, -0.15) is 0 Å². The third kappa shape index (κ3) is 3.85. The lowest BCUT2D eigenvalue weighted by molar-refractivity contribution is 0.429. The van der Waals surface area contributed by atoms with Crippen LogP contribution in [-0.2, 0) is 10.8 Å². The van der Waals surface area contributed by atoms with Crippen molar-refractivity contribution in [3.05, 3.63) is 0 Å². The van der Waals surface area contributed by atoms with Gasteiger partial charge in [0.2, 0.25) is 0 Å². The largest absolute Gasteiger partial charge is 0.314 e. The topological polar surface area (TPSA) is 29.1 Å². The number of rotatable bonds is 7. The third-order valence-corrected chi connectivity index (χ3v) is 5.71. The second-order valence-corrected chi connectivity index (χ2v) is 6.75. The normalized spacial score (nSPS) is 31.8. The Hall–Kier alpha value is 0.110. The molecule has 0 saturated heterocycles. The molecular weight excluding hydrogens is 218 g/mol. The van der Waals surface area contributed by atoms with Crippen molar-refractivity contribution >= 4 is 10.8 Å². The summed E-state index contributed by atoms with van der Waals surface area (Å²) in [6.45, 7) is 7.74. The fourth-order valence-electron chi connectivity index (χ4n) is 2.56. The summed E-state index contributed by atoms with van der Waals surface area (Å²) in [5, 5.41) is 4.03. The molecule has 1 aliphatic rings. The molecule has 0 spiro atoms. The highest BCUT2D eigenvalue weighted by Gasteiger charge is 2.35. The molecule has 4 atom stereocenters. The minimum atomic E-state index is -0.592. The second-order valence-electron chi connectivity index (χ2n) is 4.97. The van der Waals surface area contributed by atoms with Crippen molar-refractivity contribution in [1.82, 2.24) is 5.32 Å². The van der Waals surface area contributed by atoms with E-state index < -0.39 is 10.8 Å². The smallest absolute Gasteiger partial charge is 0.0388 e. The summed E-state index contributed by atoms with van der Waals surface area (Å²) < 4.78 is 12.1. The second kappa shape index (κ2) is 7.44. The lowest BCUT2D eigenvalue weighted by Crippen LogP contribution is -2.35. The molecule has 96 valence electrons. The maximum atomic E-state index is 12.1. The van der Waals surface area contributed by atoms with Gasteiger partial charge < -0.3 is 5.32 Å². The quantitative estimate of drug-likeness (QED) is 0.747. The highest BCUT2D eigenvalue weighted by atomic mass is 32.2. The van der Waals surface area contributed by atoms with Gasteiger partial charge in [0.1, 0.15) is 0 Å². The highest BCUT2D eigenvalue weighted by Crippen LogP contribution is 2.30. The Morgan fingerprint density at radius 2 is 2.00 bits per heavy atom. The van der Waals surface area contributed by atoms with Crippen LogP contribution in [0.3, 0.4) is 0 Å². The summed E-state index contributed by atoms with van der Waals surface area (Å²) in [6.07, 6.45) is 5.82. The Labute approximate surface area is 103 Å². The van der Waals surface area contributed by atoms with Crippen molar-refractivity contribution in [2.75, 3.05) is 12.3 Å². The first-order chi connectivity index (χ1) is 7.70. The summed E-state index contributed by atoms with van der Waals surface area (Å²) in [4.78, 5) is 0. The summed E-state index contributed by atoms with van der Waals surface area (Å²) in [6, 6.07) is 0.607. The Morgan fingerprint density at radius 3 is 2.62 bits per heavy atom. The number of hydrogen-bond acceptors (Lipinski definition) is 2. The van der Waals surface area contributed by atoms with Crippen LogP contribution in [-0.4, -0.2) is 27.8 Å². The average Bonchev–Trinajstić information content (AvgIpc) is 2.65. The molecular formula is C13H27NOS. The minimum Gasteiger partial charge on any atom is -0.314 e. The maximum Gasteiger partial charge on any atom is 0.0388 e. The van der Waals surface area contributed by atoms with Crippen LogP contribution in [0, 0.1) is 5.92 Å². The van der Waals surface area contributed by atoms with E-state index in [1.807, 2.05) is 0 Å². The predicted octanol–water partition coefficient (Wildman–Crippen LogP) is 2.70. The van der Waals surface area contributed by atoms with E-state index in [2.05, 4.69) is 26.1 Å². The molecule has 0 heterocycles. The Bertz CT molecular complexity index is 220.